The van der Waals surface area contributed by atoms with Crippen LogP contribution in [0.5, 0.6) is 0 Å². The van der Waals surface area contributed by atoms with Gasteiger partial charge in [-0.15, -0.1) is 0 Å². The molecule has 2 aliphatic rings. The van der Waals surface area contributed by atoms with Gasteiger partial charge in [0.2, 0.25) is 5.91 Å². The Balaban J connectivity index is 1.42. The number of carbonyl (C=O) groups is 2. The van der Waals surface area contributed by atoms with E-state index in [1.54, 1.807) is 0 Å². The summed E-state index contributed by atoms with van der Waals surface area (Å²) in [5, 5.41) is 0. The van der Waals surface area contributed by atoms with Crippen LogP contribution in [0.2, 0.25) is 0 Å². The lowest BCUT2D eigenvalue weighted by Crippen LogP contribution is -2.51. The smallest absolute Gasteiger partial charge is 0.416 e. The zero-order valence-electron chi connectivity index (χ0n) is 15.9. The van der Waals surface area contributed by atoms with E-state index in [2.05, 4.69) is 58.3 Å². The van der Waals surface area contributed by atoms with Crippen LogP contribution in [0.4, 0.5) is 4.79 Å². The lowest BCUT2D eigenvalue weighted by molar-refractivity contribution is -0.129. The first kappa shape index (κ1) is 18.7. The molecule has 0 N–H and O–H groups in total. The van der Waals surface area contributed by atoms with E-state index in [0.717, 1.165) is 26.2 Å². The SMILES string of the molecule is O=C(CN1CCN(C(c2ccccc2)c2ccccc2)CC1)N1CCOC1=O. The van der Waals surface area contributed by atoms with Crippen molar-refractivity contribution in [3.63, 3.8) is 0 Å². The maximum absolute atomic E-state index is 12.4. The molecule has 0 atom stereocenters. The van der Waals surface area contributed by atoms with Crippen LogP contribution in [0.25, 0.3) is 0 Å². The number of hydrogen-bond donors (Lipinski definition) is 0. The zero-order valence-corrected chi connectivity index (χ0v) is 15.9. The fourth-order valence-corrected chi connectivity index (χ4v) is 3.96. The lowest BCUT2D eigenvalue weighted by Gasteiger charge is -2.39. The average molecular weight is 379 g/mol. The molecule has 2 aromatic rings. The monoisotopic (exact) mass is 379 g/mol. The molecule has 2 amide bonds. The van der Waals surface area contributed by atoms with Crippen LogP contribution < -0.4 is 0 Å². The van der Waals surface area contributed by atoms with Crippen molar-refractivity contribution in [2.75, 3.05) is 45.9 Å². The highest BCUT2D eigenvalue weighted by atomic mass is 16.6. The van der Waals surface area contributed by atoms with Gasteiger partial charge < -0.3 is 4.74 Å². The molecular weight excluding hydrogens is 354 g/mol. The Bertz CT molecular complexity index is 765. The standard InChI is InChI=1S/C22H25N3O3/c26-20(25-15-16-28-22(25)27)17-23-11-13-24(14-12-23)21(18-7-3-1-4-8-18)19-9-5-2-6-10-19/h1-10,21H,11-17H2. The van der Waals surface area contributed by atoms with E-state index in [9.17, 15) is 9.59 Å². The van der Waals surface area contributed by atoms with E-state index >= 15 is 0 Å². The maximum atomic E-state index is 12.4. The summed E-state index contributed by atoms with van der Waals surface area (Å²) in [7, 11) is 0. The number of hydrogen-bond acceptors (Lipinski definition) is 5. The average Bonchev–Trinajstić information content (AvgIpc) is 3.17. The molecule has 0 aliphatic carbocycles. The number of piperazine rings is 1. The third-order valence-corrected chi connectivity index (χ3v) is 5.42. The van der Waals surface area contributed by atoms with Crippen LogP contribution in [0.3, 0.4) is 0 Å². The first-order valence-corrected chi connectivity index (χ1v) is 9.76. The van der Waals surface area contributed by atoms with Crippen LogP contribution in [0, 0.1) is 0 Å². The molecule has 6 heteroatoms. The summed E-state index contributed by atoms with van der Waals surface area (Å²) in [4.78, 5) is 29.7. The molecule has 0 spiro atoms. The fraction of sp³-hybridized carbons (Fsp3) is 0.364. The van der Waals surface area contributed by atoms with Crippen molar-refractivity contribution in [1.82, 2.24) is 14.7 Å². The molecule has 0 aromatic heterocycles. The molecule has 2 aromatic carbocycles. The van der Waals surface area contributed by atoms with Gasteiger partial charge in [0.05, 0.1) is 19.1 Å². The van der Waals surface area contributed by atoms with Crippen molar-refractivity contribution in [2.45, 2.75) is 6.04 Å². The van der Waals surface area contributed by atoms with Crippen molar-refractivity contribution in [1.29, 1.82) is 0 Å². The van der Waals surface area contributed by atoms with Crippen molar-refractivity contribution in [2.24, 2.45) is 0 Å². The summed E-state index contributed by atoms with van der Waals surface area (Å²) in [6.45, 7) is 4.26. The first-order chi connectivity index (χ1) is 13.7. The Labute approximate surface area is 165 Å². The number of amides is 2. The largest absolute Gasteiger partial charge is 0.447 e. The summed E-state index contributed by atoms with van der Waals surface area (Å²) < 4.78 is 4.86. The number of nitrogens with zero attached hydrogens (tertiary/aromatic N) is 3. The van der Waals surface area contributed by atoms with Crippen molar-refractivity contribution in [3.05, 3.63) is 71.8 Å². The minimum Gasteiger partial charge on any atom is -0.447 e. The molecule has 0 radical (unpaired) electrons. The highest BCUT2D eigenvalue weighted by Crippen LogP contribution is 2.29. The molecule has 6 nitrogen and oxygen atoms in total. The van der Waals surface area contributed by atoms with Gasteiger partial charge in [0, 0.05) is 26.2 Å². The van der Waals surface area contributed by atoms with Crippen LogP contribution in [0.1, 0.15) is 17.2 Å². The predicted molar refractivity (Wildman–Crippen MR) is 106 cm³/mol. The molecule has 0 unspecified atom stereocenters. The van der Waals surface area contributed by atoms with Crippen LogP contribution in [0.15, 0.2) is 60.7 Å². The highest BCUT2D eigenvalue weighted by Gasteiger charge is 2.31. The van der Waals surface area contributed by atoms with Crippen LogP contribution in [-0.4, -0.2) is 72.6 Å². The minimum absolute atomic E-state index is 0.168. The summed E-state index contributed by atoms with van der Waals surface area (Å²) in [6.07, 6.45) is -0.517. The topological polar surface area (TPSA) is 53.1 Å². The van der Waals surface area contributed by atoms with Gasteiger partial charge in [-0.05, 0) is 11.1 Å². The molecule has 0 bridgehead atoms. The van der Waals surface area contributed by atoms with Crippen LogP contribution >= 0.6 is 0 Å². The van der Waals surface area contributed by atoms with Gasteiger partial charge in [-0.2, -0.15) is 0 Å². The minimum atomic E-state index is -0.517. The number of cyclic esters (lactones) is 1. The van der Waals surface area contributed by atoms with Gasteiger partial charge in [0.1, 0.15) is 6.61 Å². The number of carbonyl (C=O) groups excluding carboxylic acids is 2. The molecule has 2 heterocycles. The second-order valence-corrected chi connectivity index (χ2v) is 7.20. The Morgan fingerprint density at radius 1 is 0.857 bits per heavy atom. The van der Waals surface area contributed by atoms with Crippen LogP contribution in [-0.2, 0) is 9.53 Å². The maximum Gasteiger partial charge on any atom is 0.416 e. The van der Waals surface area contributed by atoms with E-state index < -0.39 is 6.09 Å². The second-order valence-electron chi connectivity index (χ2n) is 7.20. The second kappa shape index (κ2) is 8.54. The normalized spacial score (nSPS) is 18.5. The molecule has 2 saturated heterocycles. The van der Waals surface area contributed by atoms with E-state index in [4.69, 9.17) is 4.74 Å². The van der Waals surface area contributed by atoms with Gasteiger partial charge >= 0.3 is 6.09 Å². The molecule has 2 aliphatic heterocycles. The quantitative estimate of drug-likeness (QED) is 0.798. The molecule has 0 saturated carbocycles. The van der Waals surface area contributed by atoms with E-state index in [1.165, 1.54) is 16.0 Å². The van der Waals surface area contributed by atoms with Crippen molar-refractivity contribution >= 4 is 12.0 Å². The Hall–Kier alpha value is -2.70. The Morgan fingerprint density at radius 2 is 1.43 bits per heavy atom. The fourth-order valence-electron chi connectivity index (χ4n) is 3.96. The summed E-state index contributed by atoms with van der Waals surface area (Å²) in [5.41, 5.74) is 2.55. The van der Waals surface area contributed by atoms with Crippen molar-refractivity contribution in [3.8, 4) is 0 Å². The van der Waals surface area contributed by atoms with E-state index in [1.807, 2.05) is 12.1 Å². The van der Waals surface area contributed by atoms with E-state index in [-0.39, 0.29) is 18.5 Å². The number of benzene rings is 2. The predicted octanol–water partition coefficient (Wildman–Crippen LogP) is 2.37. The number of imide groups is 1. The molecule has 2 fully saturated rings. The van der Waals surface area contributed by atoms with E-state index in [0.29, 0.717) is 13.2 Å². The summed E-state index contributed by atoms with van der Waals surface area (Å²) in [5.74, 6) is -0.168. The summed E-state index contributed by atoms with van der Waals surface area (Å²) >= 11 is 0. The highest BCUT2D eigenvalue weighted by molar-refractivity contribution is 5.94. The number of ether oxygens (including phenoxy) is 1. The Kier molecular flexibility index (Phi) is 5.69. The van der Waals surface area contributed by atoms with Gasteiger partial charge in [-0.1, -0.05) is 60.7 Å². The van der Waals surface area contributed by atoms with Gasteiger partial charge in [0.15, 0.2) is 0 Å². The lowest BCUT2D eigenvalue weighted by atomic mass is 9.96. The summed E-state index contributed by atoms with van der Waals surface area (Å²) in [6, 6.07) is 21.3. The van der Waals surface area contributed by atoms with Gasteiger partial charge in [-0.25, -0.2) is 9.69 Å². The first-order valence-electron chi connectivity index (χ1n) is 9.76. The molecule has 28 heavy (non-hydrogen) atoms. The Morgan fingerprint density at radius 3 is 1.93 bits per heavy atom. The molecule has 146 valence electrons. The van der Waals surface area contributed by atoms with Crippen molar-refractivity contribution < 1.29 is 14.3 Å². The number of rotatable bonds is 5. The molecule has 4 rings (SSSR count). The third-order valence-electron chi connectivity index (χ3n) is 5.42. The zero-order chi connectivity index (χ0) is 19.3. The third kappa shape index (κ3) is 4.08. The van der Waals surface area contributed by atoms with Gasteiger partial charge in [-0.3, -0.25) is 14.6 Å². The van der Waals surface area contributed by atoms with Gasteiger partial charge in [0.25, 0.3) is 0 Å². The molecular formula is C22H25N3O3.